The lowest BCUT2D eigenvalue weighted by Gasteiger charge is -2.22. The number of aromatic carboxylic acids is 1. The Hall–Kier alpha value is -1.45. The normalized spacial score (nSPS) is 20.0. The summed E-state index contributed by atoms with van der Waals surface area (Å²) in [6, 6.07) is 2.15. The van der Waals surface area contributed by atoms with Crippen molar-refractivity contribution in [3.8, 4) is 0 Å². The van der Waals surface area contributed by atoms with E-state index in [-0.39, 0.29) is 34.0 Å². The summed E-state index contributed by atoms with van der Waals surface area (Å²) in [6.07, 6.45) is 0.709. The van der Waals surface area contributed by atoms with Gasteiger partial charge >= 0.3 is 5.97 Å². The van der Waals surface area contributed by atoms with Crippen LogP contribution < -0.4 is 10.0 Å². The minimum absolute atomic E-state index is 0.0303. The number of sulfonamides is 1. The highest BCUT2D eigenvalue weighted by Crippen LogP contribution is 2.22. The molecule has 1 aliphatic heterocycles. The van der Waals surface area contributed by atoms with Crippen LogP contribution in [-0.2, 0) is 14.8 Å². The van der Waals surface area contributed by atoms with Crippen molar-refractivity contribution in [3.63, 3.8) is 0 Å². The number of hydrogen-bond donors (Lipinski definition) is 3. The average molecular weight is 304 g/mol. The largest absolute Gasteiger partial charge is 0.477 e. The lowest BCUT2D eigenvalue weighted by atomic mass is 10.1. The second-order valence-electron chi connectivity index (χ2n) is 4.08. The van der Waals surface area contributed by atoms with Gasteiger partial charge < -0.3 is 10.4 Å². The van der Waals surface area contributed by atoms with E-state index >= 15 is 0 Å². The fraction of sp³-hybridized carbons (Fsp3) is 0.400. The minimum atomic E-state index is -3.74. The standard InChI is InChI=1S/C10H12N2O5S2/c13-8-3-1-6(5-11-8)12-19(16,17)9-4-2-7(18-9)10(14)15/h2,4,6,12H,1,3,5H2,(H,11,13)(H,14,15). The number of carbonyl (C=O) groups is 2. The zero-order valence-corrected chi connectivity index (χ0v) is 11.4. The first-order valence-corrected chi connectivity index (χ1v) is 7.80. The Morgan fingerprint density at radius 1 is 1.47 bits per heavy atom. The molecule has 0 radical (unpaired) electrons. The zero-order valence-electron chi connectivity index (χ0n) is 9.75. The Labute approximate surface area is 113 Å². The van der Waals surface area contributed by atoms with Crippen molar-refractivity contribution in [1.29, 1.82) is 0 Å². The Bertz CT molecular complexity index is 597. The van der Waals surface area contributed by atoms with Crippen molar-refractivity contribution in [1.82, 2.24) is 10.0 Å². The van der Waals surface area contributed by atoms with Gasteiger partial charge in [0.25, 0.3) is 0 Å². The second kappa shape index (κ2) is 5.27. The van der Waals surface area contributed by atoms with E-state index in [2.05, 4.69) is 10.0 Å². The molecule has 1 unspecified atom stereocenters. The first kappa shape index (κ1) is 14.0. The number of carboxylic acids is 1. The maximum Gasteiger partial charge on any atom is 0.345 e. The number of carbonyl (C=O) groups excluding carboxylic acids is 1. The predicted octanol–water partition coefficient (Wildman–Crippen LogP) is 0.00320. The van der Waals surface area contributed by atoms with Gasteiger partial charge in [-0.3, -0.25) is 4.79 Å². The van der Waals surface area contributed by atoms with Crippen molar-refractivity contribution in [2.75, 3.05) is 6.54 Å². The first-order chi connectivity index (χ1) is 8.88. The monoisotopic (exact) mass is 304 g/mol. The van der Waals surface area contributed by atoms with E-state index in [1.807, 2.05) is 0 Å². The summed E-state index contributed by atoms with van der Waals surface area (Å²) in [5, 5.41) is 11.3. The van der Waals surface area contributed by atoms with Gasteiger partial charge in [-0.2, -0.15) is 0 Å². The summed E-state index contributed by atoms with van der Waals surface area (Å²) < 4.78 is 26.4. The summed E-state index contributed by atoms with van der Waals surface area (Å²) >= 11 is 0.700. The molecule has 0 aliphatic carbocycles. The third-order valence-electron chi connectivity index (χ3n) is 2.64. The van der Waals surface area contributed by atoms with Gasteiger partial charge in [-0.1, -0.05) is 0 Å². The molecule has 3 N–H and O–H groups in total. The Morgan fingerprint density at radius 3 is 2.74 bits per heavy atom. The highest BCUT2D eigenvalue weighted by molar-refractivity contribution is 7.91. The Kier molecular flexibility index (Phi) is 3.88. The van der Waals surface area contributed by atoms with Gasteiger partial charge in [-0.15, -0.1) is 11.3 Å². The molecule has 1 fully saturated rings. The van der Waals surface area contributed by atoms with Crippen LogP contribution in [0.15, 0.2) is 16.3 Å². The van der Waals surface area contributed by atoms with Crippen molar-refractivity contribution in [3.05, 3.63) is 17.0 Å². The molecule has 0 aromatic carbocycles. The summed E-state index contributed by atoms with van der Waals surface area (Å²) in [4.78, 5) is 21.7. The summed E-state index contributed by atoms with van der Waals surface area (Å²) in [6.45, 7) is 0.245. The van der Waals surface area contributed by atoms with Crippen molar-refractivity contribution < 1.29 is 23.1 Å². The molecule has 0 bridgehead atoms. The van der Waals surface area contributed by atoms with Gasteiger partial charge in [-0.05, 0) is 18.6 Å². The van der Waals surface area contributed by atoms with Gasteiger partial charge in [0.15, 0.2) is 0 Å². The van der Waals surface area contributed by atoms with E-state index in [0.29, 0.717) is 17.8 Å². The Morgan fingerprint density at radius 2 is 2.21 bits per heavy atom. The molecule has 1 aliphatic rings. The molecular formula is C10H12N2O5S2. The Balaban J connectivity index is 2.09. The number of hydrogen-bond acceptors (Lipinski definition) is 5. The molecule has 0 spiro atoms. The summed E-state index contributed by atoms with van der Waals surface area (Å²) in [5.41, 5.74) is 0. The van der Waals surface area contributed by atoms with Crippen LogP contribution in [0.3, 0.4) is 0 Å². The minimum Gasteiger partial charge on any atom is -0.477 e. The van der Waals surface area contributed by atoms with Gasteiger partial charge in [0.05, 0.1) is 0 Å². The van der Waals surface area contributed by atoms with Gasteiger partial charge in [0.1, 0.15) is 9.09 Å². The third kappa shape index (κ3) is 3.31. The number of thiophene rings is 1. The maximum atomic E-state index is 12.0. The molecule has 1 amide bonds. The van der Waals surface area contributed by atoms with Gasteiger partial charge in [-0.25, -0.2) is 17.9 Å². The molecular weight excluding hydrogens is 292 g/mol. The molecule has 2 rings (SSSR count). The van der Waals surface area contributed by atoms with E-state index < -0.39 is 16.0 Å². The highest BCUT2D eigenvalue weighted by Gasteiger charge is 2.25. The highest BCUT2D eigenvalue weighted by atomic mass is 32.2. The summed E-state index contributed by atoms with van der Waals surface area (Å²) in [5.74, 6) is -1.25. The zero-order chi connectivity index (χ0) is 14.0. The fourth-order valence-electron chi connectivity index (χ4n) is 1.69. The molecule has 2 heterocycles. The van der Waals surface area contributed by atoms with Crippen molar-refractivity contribution >= 4 is 33.2 Å². The van der Waals surface area contributed by atoms with E-state index in [1.165, 1.54) is 12.1 Å². The van der Waals surface area contributed by atoms with Crippen LogP contribution in [0.1, 0.15) is 22.5 Å². The third-order valence-corrected chi connectivity index (χ3v) is 5.73. The first-order valence-electron chi connectivity index (χ1n) is 5.50. The molecule has 7 nitrogen and oxygen atoms in total. The number of nitrogens with one attached hydrogen (secondary N) is 2. The van der Waals surface area contributed by atoms with Crippen LogP contribution in [0.5, 0.6) is 0 Å². The van der Waals surface area contributed by atoms with E-state index in [9.17, 15) is 18.0 Å². The molecule has 1 aromatic heterocycles. The van der Waals surface area contributed by atoms with E-state index in [0.717, 1.165) is 0 Å². The molecule has 19 heavy (non-hydrogen) atoms. The number of rotatable bonds is 4. The smallest absolute Gasteiger partial charge is 0.345 e. The van der Waals surface area contributed by atoms with E-state index in [4.69, 9.17) is 5.11 Å². The topological polar surface area (TPSA) is 113 Å². The van der Waals surface area contributed by atoms with Gasteiger partial charge in [0, 0.05) is 19.0 Å². The van der Waals surface area contributed by atoms with Crippen LogP contribution >= 0.6 is 11.3 Å². The number of piperidine rings is 1. The van der Waals surface area contributed by atoms with Crippen molar-refractivity contribution in [2.45, 2.75) is 23.1 Å². The number of amides is 1. The lowest BCUT2D eigenvalue weighted by molar-refractivity contribution is -0.122. The van der Waals surface area contributed by atoms with Crippen LogP contribution in [0.25, 0.3) is 0 Å². The molecule has 9 heteroatoms. The predicted molar refractivity (Wildman–Crippen MR) is 67.6 cm³/mol. The average Bonchev–Trinajstić information content (AvgIpc) is 2.82. The van der Waals surface area contributed by atoms with Crippen LogP contribution in [0, 0.1) is 0 Å². The molecule has 104 valence electrons. The molecule has 1 aromatic rings. The number of carboxylic acid groups (broad SMARTS) is 1. The lowest BCUT2D eigenvalue weighted by Crippen LogP contribution is -2.47. The molecule has 1 atom stereocenters. The quantitative estimate of drug-likeness (QED) is 0.725. The second-order valence-corrected chi connectivity index (χ2v) is 7.11. The fourth-order valence-corrected chi connectivity index (χ4v) is 4.12. The summed E-state index contributed by atoms with van der Waals surface area (Å²) in [7, 11) is -3.74. The SMILES string of the molecule is O=C1CCC(NS(=O)(=O)c2ccc(C(=O)O)s2)CN1. The van der Waals surface area contributed by atoms with Gasteiger partial charge in [0.2, 0.25) is 15.9 Å². The van der Waals surface area contributed by atoms with Crippen LogP contribution in [-0.4, -0.2) is 38.0 Å². The van der Waals surface area contributed by atoms with E-state index in [1.54, 1.807) is 0 Å². The maximum absolute atomic E-state index is 12.0. The van der Waals surface area contributed by atoms with Crippen LogP contribution in [0.4, 0.5) is 0 Å². The van der Waals surface area contributed by atoms with Crippen LogP contribution in [0.2, 0.25) is 0 Å². The van der Waals surface area contributed by atoms with Crippen molar-refractivity contribution in [2.24, 2.45) is 0 Å². The molecule has 0 saturated carbocycles. The molecule has 1 saturated heterocycles.